The van der Waals surface area contributed by atoms with Gasteiger partial charge in [0.2, 0.25) is 11.7 Å². The van der Waals surface area contributed by atoms with E-state index in [0.717, 1.165) is 56.0 Å². The molecule has 2 aliphatic rings. The van der Waals surface area contributed by atoms with Gasteiger partial charge >= 0.3 is 5.69 Å². The summed E-state index contributed by atoms with van der Waals surface area (Å²) in [4.78, 5) is 51.6. The predicted octanol–water partition coefficient (Wildman–Crippen LogP) is 1.47. The van der Waals surface area contributed by atoms with Gasteiger partial charge in [0, 0.05) is 24.7 Å². The van der Waals surface area contributed by atoms with Gasteiger partial charge in [0.15, 0.2) is 0 Å². The Balaban J connectivity index is 1.51. The first-order valence-electron chi connectivity index (χ1n) is 12.1. The van der Waals surface area contributed by atoms with Gasteiger partial charge < -0.3 is 10.6 Å². The summed E-state index contributed by atoms with van der Waals surface area (Å²) >= 11 is 0. The zero-order chi connectivity index (χ0) is 23.8. The Morgan fingerprint density at radius 2 is 1.62 bits per heavy atom. The number of carbonyl (C=O) groups is 2. The van der Waals surface area contributed by atoms with Crippen LogP contribution in [0.3, 0.4) is 0 Å². The highest BCUT2D eigenvalue weighted by Gasteiger charge is 2.22. The summed E-state index contributed by atoms with van der Waals surface area (Å²) in [7, 11) is 1.54. The molecule has 1 aromatic carbocycles. The monoisotopic (exact) mass is 466 g/mol. The van der Waals surface area contributed by atoms with Gasteiger partial charge in [0.1, 0.15) is 6.54 Å². The smallest absolute Gasteiger partial charge is 0.352 e. The summed E-state index contributed by atoms with van der Waals surface area (Å²) in [6, 6.07) is 5.02. The number of rotatable bonds is 5. The molecule has 0 saturated heterocycles. The Hall–Kier alpha value is -3.43. The minimum absolute atomic E-state index is 0.126. The fourth-order valence-electron chi connectivity index (χ4n) is 5.23. The SMILES string of the molecule is Cn1c(=O)c2ccc(C(=O)NC3CCCCC3)cc2n2c(=O)n(CC(=O)NC3CCCC3)nc12. The summed E-state index contributed by atoms with van der Waals surface area (Å²) in [5.41, 5.74) is -0.163. The molecule has 2 aliphatic carbocycles. The fraction of sp³-hybridized carbons (Fsp3) is 0.542. The van der Waals surface area contributed by atoms with Gasteiger partial charge in [-0.15, -0.1) is 5.10 Å². The van der Waals surface area contributed by atoms with Crippen LogP contribution in [-0.2, 0) is 18.4 Å². The average molecular weight is 467 g/mol. The van der Waals surface area contributed by atoms with E-state index in [1.165, 1.54) is 22.4 Å². The van der Waals surface area contributed by atoms with Crippen LogP contribution in [0, 0.1) is 0 Å². The molecule has 2 saturated carbocycles. The van der Waals surface area contributed by atoms with Crippen LogP contribution in [0.4, 0.5) is 0 Å². The van der Waals surface area contributed by atoms with Crippen LogP contribution in [-0.4, -0.2) is 42.6 Å². The molecule has 2 N–H and O–H groups in total. The summed E-state index contributed by atoms with van der Waals surface area (Å²) < 4.78 is 3.67. The normalized spacial score (nSPS) is 17.4. The van der Waals surface area contributed by atoms with Crippen LogP contribution >= 0.6 is 0 Å². The number of carbonyl (C=O) groups excluding carboxylic acids is 2. The molecule has 2 heterocycles. The molecule has 34 heavy (non-hydrogen) atoms. The van der Waals surface area contributed by atoms with Gasteiger partial charge in [-0.3, -0.25) is 19.0 Å². The van der Waals surface area contributed by atoms with Gasteiger partial charge in [-0.1, -0.05) is 32.1 Å². The summed E-state index contributed by atoms with van der Waals surface area (Å²) in [5.74, 6) is -0.376. The number of nitrogens with one attached hydrogen (secondary N) is 2. The van der Waals surface area contributed by atoms with Crippen LogP contribution in [0.2, 0.25) is 0 Å². The van der Waals surface area contributed by atoms with Crippen molar-refractivity contribution in [3.63, 3.8) is 0 Å². The van der Waals surface area contributed by atoms with E-state index in [1.54, 1.807) is 18.2 Å². The summed E-state index contributed by atoms with van der Waals surface area (Å²) in [5, 5.41) is 10.6. The highest BCUT2D eigenvalue weighted by atomic mass is 16.2. The van der Waals surface area contributed by atoms with Crippen molar-refractivity contribution >= 4 is 28.5 Å². The van der Waals surface area contributed by atoms with Crippen LogP contribution in [0.25, 0.3) is 16.7 Å². The number of aromatic nitrogens is 4. The first-order chi connectivity index (χ1) is 16.4. The highest BCUT2D eigenvalue weighted by molar-refractivity contribution is 5.98. The highest BCUT2D eigenvalue weighted by Crippen LogP contribution is 2.19. The number of amides is 2. The number of nitrogens with zero attached hydrogens (tertiary/aromatic N) is 4. The molecule has 3 aromatic rings. The zero-order valence-corrected chi connectivity index (χ0v) is 19.4. The number of aryl methyl sites for hydroxylation is 1. The van der Waals surface area contributed by atoms with Crippen LogP contribution < -0.4 is 21.9 Å². The van der Waals surface area contributed by atoms with Crippen molar-refractivity contribution in [3.8, 4) is 0 Å². The van der Waals surface area contributed by atoms with E-state index in [9.17, 15) is 19.2 Å². The van der Waals surface area contributed by atoms with Crippen molar-refractivity contribution in [2.75, 3.05) is 0 Å². The van der Waals surface area contributed by atoms with Crippen molar-refractivity contribution in [2.45, 2.75) is 76.4 Å². The van der Waals surface area contributed by atoms with Crippen molar-refractivity contribution in [1.29, 1.82) is 0 Å². The number of hydrogen-bond acceptors (Lipinski definition) is 5. The van der Waals surface area contributed by atoms with Crippen molar-refractivity contribution in [2.24, 2.45) is 7.05 Å². The topological polar surface area (TPSA) is 120 Å². The maximum Gasteiger partial charge on any atom is 0.352 e. The third-order valence-corrected chi connectivity index (χ3v) is 7.11. The van der Waals surface area contributed by atoms with Crippen molar-refractivity contribution in [3.05, 3.63) is 44.6 Å². The Bertz CT molecular complexity index is 1370. The third-order valence-electron chi connectivity index (χ3n) is 7.11. The number of fused-ring (bicyclic) bond motifs is 3. The van der Waals surface area contributed by atoms with E-state index < -0.39 is 5.69 Å². The molecule has 0 atom stereocenters. The Morgan fingerprint density at radius 3 is 2.32 bits per heavy atom. The van der Waals surface area contributed by atoms with Gasteiger partial charge in [0.05, 0.1) is 10.9 Å². The quantitative estimate of drug-likeness (QED) is 0.590. The molecule has 10 heteroatoms. The van der Waals surface area contributed by atoms with Crippen LogP contribution in [0.1, 0.15) is 68.1 Å². The Kier molecular flexibility index (Phi) is 5.97. The Labute approximate surface area is 195 Å². The third kappa shape index (κ3) is 4.12. The maximum atomic E-state index is 13.2. The lowest BCUT2D eigenvalue weighted by Gasteiger charge is -2.22. The van der Waals surface area contributed by atoms with E-state index in [0.29, 0.717) is 16.5 Å². The van der Waals surface area contributed by atoms with E-state index in [2.05, 4.69) is 15.7 Å². The molecule has 10 nitrogen and oxygen atoms in total. The second kappa shape index (κ2) is 9.08. The van der Waals surface area contributed by atoms with Crippen molar-refractivity contribution in [1.82, 2.24) is 29.4 Å². The molecule has 180 valence electrons. The maximum absolute atomic E-state index is 13.2. The number of benzene rings is 1. The molecule has 0 aliphatic heterocycles. The fourth-order valence-corrected chi connectivity index (χ4v) is 5.23. The molecule has 0 bridgehead atoms. The molecular formula is C24H30N6O4. The molecule has 0 unspecified atom stereocenters. The molecule has 5 rings (SSSR count). The van der Waals surface area contributed by atoms with E-state index in [1.807, 2.05) is 0 Å². The average Bonchev–Trinajstić information content (AvgIpc) is 3.46. The van der Waals surface area contributed by atoms with Gasteiger partial charge in [-0.2, -0.15) is 0 Å². The second-order valence-corrected chi connectivity index (χ2v) is 9.53. The zero-order valence-electron chi connectivity index (χ0n) is 19.4. The van der Waals surface area contributed by atoms with Gasteiger partial charge in [-0.25, -0.2) is 13.9 Å². The minimum Gasteiger partial charge on any atom is -0.352 e. The molecule has 0 spiro atoms. The number of hydrogen-bond donors (Lipinski definition) is 2. The molecular weight excluding hydrogens is 436 g/mol. The van der Waals surface area contributed by atoms with E-state index in [-0.39, 0.29) is 41.8 Å². The second-order valence-electron chi connectivity index (χ2n) is 9.53. The largest absolute Gasteiger partial charge is 0.352 e. The van der Waals surface area contributed by atoms with Gasteiger partial charge in [-0.05, 0) is 43.9 Å². The van der Waals surface area contributed by atoms with E-state index >= 15 is 0 Å². The first-order valence-corrected chi connectivity index (χ1v) is 12.1. The van der Waals surface area contributed by atoms with Crippen molar-refractivity contribution < 1.29 is 9.59 Å². The minimum atomic E-state index is -0.526. The summed E-state index contributed by atoms with van der Waals surface area (Å²) in [6.07, 6.45) is 9.36. The molecule has 2 amide bonds. The lowest BCUT2D eigenvalue weighted by molar-refractivity contribution is -0.122. The van der Waals surface area contributed by atoms with Crippen LogP contribution in [0.15, 0.2) is 27.8 Å². The standard InChI is InChI=1S/C24H30N6O4/c1-28-22(33)18-12-11-15(21(32)26-17-7-3-2-4-8-17)13-19(18)30-23(28)27-29(24(30)34)14-20(31)25-16-9-5-6-10-16/h11-13,16-17H,2-10,14H2,1H3,(H,25,31)(H,26,32). The van der Waals surface area contributed by atoms with Gasteiger partial charge in [0.25, 0.3) is 11.5 Å². The predicted molar refractivity (Wildman–Crippen MR) is 127 cm³/mol. The molecule has 2 aromatic heterocycles. The summed E-state index contributed by atoms with van der Waals surface area (Å²) in [6.45, 7) is -0.228. The first kappa shape index (κ1) is 22.4. The molecule has 0 radical (unpaired) electrons. The lowest BCUT2D eigenvalue weighted by Crippen LogP contribution is -2.37. The Morgan fingerprint density at radius 1 is 0.971 bits per heavy atom. The van der Waals surface area contributed by atoms with Crippen LogP contribution in [0.5, 0.6) is 0 Å². The lowest BCUT2D eigenvalue weighted by atomic mass is 9.95. The van der Waals surface area contributed by atoms with E-state index in [4.69, 9.17) is 0 Å². The molecule has 2 fully saturated rings.